The molecule has 0 bridgehead atoms. The first-order chi connectivity index (χ1) is 10.2. The summed E-state index contributed by atoms with van der Waals surface area (Å²) in [5.74, 6) is 0. The summed E-state index contributed by atoms with van der Waals surface area (Å²) >= 11 is 6.09. The fourth-order valence-corrected chi connectivity index (χ4v) is 3.55. The lowest BCUT2D eigenvalue weighted by molar-refractivity contribution is 0.586. The van der Waals surface area contributed by atoms with Gasteiger partial charge in [-0.1, -0.05) is 35.9 Å². The quantitative estimate of drug-likeness (QED) is 0.924. The van der Waals surface area contributed by atoms with Crippen molar-refractivity contribution < 1.29 is 0 Å². The monoisotopic (exact) mass is 300 g/mol. The number of hydrogen-bond acceptors (Lipinski definition) is 2. The fraction of sp³-hybridized carbons (Fsp3) is 0.333. The van der Waals surface area contributed by atoms with Crippen LogP contribution in [0.1, 0.15) is 29.2 Å². The van der Waals surface area contributed by atoms with Crippen molar-refractivity contribution in [1.82, 2.24) is 0 Å². The highest BCUT2D eigenvalue weighted by Crippen LogP contribution is 2.35. The molecule has 0 saturated carbocycles. The van der Waals surface area contributed by atoms with Crippen molar-refractivity contribution in [1.29, 1.82) is 0 Å². The molecule has 2 aromatic carbocycles. The van der Waals surface area contributed by atoms with Crippen molar-refractivity contribution >= 4 is 17.3 Å². The Morgan fingerprint density at radius 2 is 2.05 bits per heavy atom. The topological polar surface area (TPSA) is 29.3 Å². The molecule has 1 unspecified atom stereocenters. The summed E-state index contributed by atoms with van der Waals surface area (Å²) < 4.78 is 0. The van der Waals surface area contributed by atoms with Crippen LogP contribution in [-0.2, 0) is 6.42 Å². The van der Waals surface area contributed by atoms with E-state index in [2.05, 4.69) is 42.2 Å². The van der Waals surface area contributed by atoms with E-state index < -0.39 is 0 Å². The summed E-state index contributed by atoms with van der Waals surface area (Å²) in [6.45, 7) is 3.78. The number of anilines is 1. The molecule has 2 N–H and O–H groups in total. The highest BCUT2D eigenvalue weighted by molar-refractivity contribution is 6.30. The van der Waals surface area contributed by atoms with Gasteiger partial charge in [0.1, 0.15) is 0 Å². The van der Waals surface area contributed by atoms with Crippen LogP contribution in [0.2, 0.25) is 5.02 Å². The van der Waals surface area contributed by atoms with Crippen molar-refractivity contribution in [2.75, 3.05) is 18.0 Å². The molecule has 1 atom stereocenters. The van der Waals surface area contributed by atoms with Gasteiger partial charge in [-0.25, -0.2) is 0 Å². The van der Waals surface area contributed by atoms with E-state index in [0.29, 0.717) is 6.54 Å². The van der Waals surface area contributed by atoms with Crippen LogP contribution in [0.25, 0.3) is 0 Å². The summed E-state index contributed by atoms with van der Waals surface area (Å²) in [4.78, 5) is 2.45. The summed E-state index contributed by atoms with van der Waals surface area (Å²) in [5.41, 5.74) is 11.4. The third-order valence-corrected chi connectivity index (χ3v) is 4.57. The molecule has 0 aromatic heterocycles. The maximum absolute atomic E-state index is 6.13. The summed E-state index contributed by atoms with van der Waals surface area (Å²) in [6.07, 6.45) is 2.34. The highest BCUT2D eigenvalue weighted by atomic mass is 35.5. The minimum absolute atomic E-state index is 0.212. The van der Waals surface area contributed by atoms with Crippen LogP contribution in [0.5, 0.6) is 0 Å². The number of nitrogens with zero attached hydrogens (tertiary/aromatic N) is 1. The lowest BCUT2D eigenvalue weighted by Gasteiger charge is -2.38. The summed E-state index contributed by atoms with van der Waals surface area (Å²) in [6, 6.07) is 15.0. The van der Waals surface area contributed by atoms with Gasteiger partial charge in [0.15, 0.2) is 0 Å². The second-order valence-corrected chi connectivity index (χ2v) is 6.11. The maximum Gasteiger partial charge on any atom is 0.0667 e. The molecule has 3 heteroatoms. The van der Waals surface area contributed by atoms with Crippen molar-refractivity contribution in [2.45, 2.75) is 25.8 Å². The van der Waals surface area contributed by atoms with E-state index in [0.717, 1.165) is 18.0 Å². The molecule has 0 spiro atoms. The molecule has 3 rings (SSSR count). The molecule has 0 fully saturated rings. The second-order valence-electron chi connectivity index (χ2n) is 5.68. The van der Waals surface area contributed by atoms with E-state index >= 15 is 0 Å². The third kappa shape index (κ3) is 2.78. The van der Waals surface area contributed by atoms with Gasteiger partial charge in [0.05, 0.1) is 6.04 Å². The van der Waals surface area contributed by atoms with Crippen molar-refractivity contribution in [3.05, 3.63) is 64.2 Å². The molecule has 0 radical (unpaired) electrons. The lowest BCUT2D eigenvalue weighted by Crippen LogP contribution is -2.37. The van der Waals surface area contributed by atoms with E-state index in [1.807, 2.05) is 12.1 Å². The molecule has 0 amide bonds. The average Bonchev–Trinajstić information content (AvgIpc) is 2.50. The van der Waals surface area contributed by atoms with Crippen molar-refractivity contribution in [3.8, 4) is 0 Å². The van der Waals surface area contributed by atoms with Crippen molar-refractivity contribution in [3.63, 3.8) is 0 Å². The summed E-state index contributed by atoms with van der Waals surface area (Å²) in [5, 5.41) is 0.783. The number of fused-ring (bicyclic) bond motifs is 1. The lowest BCUT2D eigenvalue weighted by atomic mass is 9.95. The highest BCUT2D eigenvalue weighted by Gasteiger charge is 2.25. The SMILES string of the molecule is Cc1cc(Cl)ccc1C(CN)N1CCCc2ccccc21. The van der Waals surface area contributed by atoms with E-state index in [4.69, 9.17) is 17.3 Å². The third-order valence-electron chi connectivity index (χ3n) is 4.34. The zero-order valence-corrected chi connectivity index (χ0v) is 13.1. The first-order valence-electron chi connectivity index (χ1n) is 7.51. The van der Waals surface area contributed by atoms with Crippen LogP contribution in [-0.4, -0.2) is 13.1 Å². The van der Waals surface area contributed by atoms with Crippen LogP contribution >= 0.6 is 11.6 Å². The smallest absolute Gasteiger partial charge is 0.0667 e. The first kappa shape index (κ1) is 14.4. The molecular weight excluding hydrogens is 280 g/mol. The Morgan fingerprint density at radius 3 is 2.81 bits per heavy atom. The number of para-hydroxylation sites is 1. The minimum Gasteiger partial charge on any atom is -0.363 e. The summed E-state index contributed by atoms with van der Waals surface area (Å²) in [7, 11) is 0. The largest absolute Gasteiger partial charge is 0.363 e. The molecule has 110 valence electrons. The van der Waals surface area contributed by atoms with E-state index in [1.54, 1.807) is 0 Å². The van der Waals surface area contributed by atoms with E-state index in [9.17, 15) is 0 Å². The van der Waals surface area contributed by atoms with Gasteiger partial charge in [-0.2, -0.15) is 0 Å². The van der Waals surface area contributed by atoms with Gasteiger partial charge < -0.3 is 10.6 Å². The predicted molar refractivity (Wildman–Crippen MR) is 90.1 cm³/mol. The second kappa shape index (κ2) is 6.08. The Kier molecular flexibility index (Phi) is 4.18. The van der Waals surface area contributed by atoms with E-state index in [-0.39, 0.29) is 6.04 Å². The first-order valence-corrected chi connectivity index (χ1v) is 7.89. The molecule has 2 nitrogen and oxygen atoms in total. The normalized spacial score (nSPS) is 15.7. The van der Waals surface area contributed by atoms with Crippen LogP contribution in [0.15, 0.2) is 42.5 Å². The number of halogens is 1. The van der Waals surface area contributed by atoms with Crippen LogP contribution in [0.4, 0.5) is 5.69 Å². The zero-order chi connectivity index (χ0) is 14.8. The van der Waals surface area contributed by atoms with Gasteiger partial charge in [-0.15, -0.1) is 0 Å². The Labute approximate surface area is 131 Å². The van der Waals surface area contributed by atoms with Gasteiger partial charge in [0.25, 0.3) is 0 Å². The van der Waals surface area contributed by atoms with Gasteiger partial charge in [0.2, 0.25) is 0 Å². The maximum atomic E-state index is 6.13. The average molecular weight is 301 g/mol. The van der Waals surface area contributed by atoms with Crippen LogP contribution in [0.3, 0.4) is 0 Å². The van der Waals surface area contributed by atoms with Gasteiger partial charge in [0, 0.05) is 23.8 Å². The van der Waals surface area contributed by atoms with Crippen LogP contribution in [0, 0.1) is 6.92 Å². The fourth-order valence-electron chi connectivity index (χ4n) is 3.32. The molecule has 1 aliphatic heterocycles. The zero-order valence-electron chi connectivity index (χ0n) is 12.3. The predicted octanol–water partition coefficient (Wildman–Crippen LogP) is 4.10. The van der Waals surface area contributed by atoms with Crippen molar-refractivity contribution in [2.24, 2.45) is 5.73 Å². The molecule has 2 aromatic rings. The van der Waals surface area contributed by atoms with Gasteiger partial charge >= 0.3 is 0 Å². The molecule has 1 aliphatic rings. The molecule has 21 heavy (non-hydrogen) atoms. The Balaban J connectivity index is 2.01. The number of hydrogen-bond donors (Lipinski definition) is 1. The Morgan fingerprint density at radius 1 is 1.24 bits per heavy atom. The number of aryl methyl sites for hydroxylation is 2. The van der Waals surface area contributed by atoms with E-state index in [1.165, 1.54) is 28.8 Å². The molecule has 1 heterocycles. The Bertz CT molecular complexity index is 639. The number of rotatable bonds is 3. The van der Waals surface area contributed by atoms with Crippen LogP contribution < -0.4 is 10.6 Å². The minimum atomic E-state index is 0.212. The number of nitrogens with two attached hydrogens (primary N) is 1. The number of benzene rings is 2. The standard InChI is InChI=1S/C18H21ClN2/c1-13-11-15(19)8-9-16(13)18(12-20)21-10-4-6-14-5-2-3-7-17(14)21/h2-3,5,7-9,11,18H,4,6,10,12,20H2,1H3. The Hall–Kier alpha value is -1.51. The van der Waals surface area contributed by atoms with Gasteiger partial charge in [-0.05, 0) is 54.7 Å². The molecule has 0 aliphatic carbocycles. The molecular formula is C18H21ClN2. The molecule has 0 saturated heterocycles. The van der Waals surface area contributed by atoms with Gasteiger partial charge in [-0.3, -0.25) is 0 Å².